The Kier molecular flexibility index (Phi) is 4.65. The van der Waals surface area contributed by atoms with Gasteiger partial charge in [0, 0.05) is 47.4 Å². The van der Waals surface area contributed by atoms with Crippen molar-refractivity contribution >= 4 is 22.5 Å². The van der Waals surface area contributed by atoms with Crippen LogP contribution in [0.2, 0.25) is 0 Å². The third-order valence-electron chi connectivity index (χ3n) is 7.03. The van der Waals surface area contributed by atoms with Crippen LogP contribution in [-0.4, -0.2) is 31.6 Å². The number of nitrogens with two attached hydrogens (primary N) is 1. The minimum absolute atomic E-state index is 0.0223. The van der Waals surface area contributed by atoms with Gasteiger partial charge in [0.2, 0.25) is 0 Å². The molecule has 0 aliphatic carbocycles. The smallest absolute Gasteiger partial charge is 0.254 e. The van der Waals surface area contributed by atoms with Crippen molar-refractivity contribution < 1.29 is 13.6 Å². The first-order chi connectivity index (χ1) is 16.4. The maximum atomic E-state index is 14.0. The van der Waals surface area contributed by atoms with Gasteiger partial charge in [-0.15, -0.1) is 0 Å². The summed E-state index contributed by atoms with van der Waals surface area (Å²) in [5.74, 6) is -1.33. The van der Waals surface area contributed by atoms with Gasteiger partial charge in [0.25, 0.3) is 5.91 Å². The highest BCUT2D eigenvalue weighted by Gasteiger charge is 2.43. The van der Waals surface area contributed by atoms with E-state index < -0.39 is 11.6 Å². The molecule has 2 aliphatic rings. The highest BCUT2D eigenvalue weighted by atomic mass is 19.1. The average Bonchev–Trinajstić information content (AvgIpc) is 3.13. The third-order valence-corrected chi connectivity index (χ3v) is 7.03. The van der Waals surface area contributed by atoms with E-state index in [1.165, 1.54) is 12.1 Å². The van der Waals surface area contributed by atoms with Crippen molar-refractivity contribution in [2.45, 2.75) is 37.8 Å². The molecule has 1 saturated heterocycles. The topological polar surface area (TPSA) is 77.0 Å². The van der Waals surface area contributed by atoms with E-state index in [1.54, 1.807) is 24.0 Å². The Bertz CT molecular complexity index is 1440. The zero-order valence-electron chi connectivity index (χ0n) is 18.6. The number of aromatic nitrogens is 3. The molecular weight excluding hydrogens is 436 g/mol. The van der Waals surface area contributed by atoms with Crippen molar-refractivity contribution in [2.75, 3.05) is 5.73 Å². The maximum Gasteiger partial charge on any atom is 0.254 e. The second-order valence-electron chi connectivity index (χ2n) is 9.15. The lowest BCUT2D eigenvalue weighted by molar-refractivity contribution is 0.0392. The number of piperidine rings is 1. The summed E-state index contributed by atoms with van der Waals surface area (Å²) in [7, 11) is 1.78. The van der Waals surface area contributed by atoms with Gasteiger partial charge >= 0.3 is 0 Å². The van der Waals surface area contributed by atoms with Crippen LogP contribution in [0.4, 0.5) is 14.5 Å². The fourth-order valence-corrected chi connectivity index (χ4v) is 5.69. The normalized spacial score (nSPS) is 19.3. The molecule has 0 radical (unpaired) electrons. The van der Waals surface area contributed by atoms with Crippen molar-refractivity contribution in [1.29, 1.82) is 0 Å². The Morgan fingerprint density at radius 3 is 2.71 bits per heavy atom. The number of carbonyl (C=O) groups is 1. The van der Waals surface area contributed by atoms with Crippen molar-refractivity contribution in [1.82, 2.24) is 19.7 Å². The fourth-order valence-electron chi connectivity index (χ4n) is 5.69. The Morgan fingerprint density at radius 2 is 1.91 bits per heavy atom. The highest BCUT2D eigenvalue weighted by Crippen LogP contribution is 2.45. The fraction of sp³-hybridized carbons (Fsp3) is 0.269. The number of nitrogens with zero attached hydrogens (tertiary/aromatic N) is 4. The zero-order valence-corrected chi connectivity index (χ0v) is 18.6. The van der Waals surface area contributed by atoms with Gasteiger partial charge in [0.15, 0.2) is 0 Å². The average molecular weight is 460 g/mol. The number of amides is 1. The summed E-state index contributed by atoms with van der Waals surface area (Å²) >= 11 is 0. The van der Waals surface area contributed by atoms with E-state index >= 15 is 0 Å². The summed E-state index contributed by atoms with van der Waals surface area (Å²) in [6, 6.07) is 10.6. The van der Waals surface area contributed by atoms with Gasteiger partial charge < -0.3 is 10.6 Å². The molecule has 2 atom stereocenters. The van der Waals surface area contributed by atoms with Crippen LogP contribution in [0.15, 0.2) is 48.7 Å². The second-order valence-corrected chi connectivity index (χ2v) is 9.15. The molecule has 2 unspecified atom stereocenters. The van der Waals surface area contributed by atoms with Gasteiger partial charge in [0.05, 0.1) is 28.6 Å². The maximum absolute atomic E-state index is 14.0. The van der Waals surface area contributed by atoms with Crippen LogP contribution in [-0.2, 0) is 13.5 Å². The summed E-state index contributed by atoms with van der Waals surface area (Å²) in [4.78, 5) is 20.0. The molecule has 2 aromatic carbocycles. The van der Waals surface area contributed by atoms with Gasteiger partial charge in [-0.1, -0.05) is 6.07 Å². The lowest BCUT2D eigenvalue weighted by atomic mass is 9.81. The van der Waals surface area contributed by atoms with Crippen molar-refractivity contribution in [2.24, 2.45) is 7.05 Å². The molecule has 2 aromatic heterocycles. The minimum atomic E-state index is -0.624. The van der Waals surface area contributed by atoms with Crippen LogP contribution >= 0.6 is 0 Å². The molecule has 8 heteroatoms. The molecule has 1 fully saturated rings. The number of benzene rings is 2. The predicted molar refractivity (Wildman–Crippen MR) is 125 cm³/mol. The highest BCUT2D eigenvalue weighted by molar-refractivity contribution is 6.02. The molecule has 0 spiro atoms. The van der Waals surface area contributed by atoms with Crippen LogP contribution in [0, 0.1) is 11.6 Å². The standard InChI is InChI=1S/C26H23F2N5O/c1-32-25(15-9-17(27)12-18(28)10-15)20-13-19-5-2-6-22(24(20)31-32)33(19)26(34)16-8-14-4-3-7-30-23(14)21(29)11-16/h3-4,7-12,19,22H,2,5-6,13,29H2,1H3. The molecule has 34 heavy (non-hydrogen) atoms. The number of nitrogen functional groups attached to an aromatic ring is 1. The van der Waals surface area contributed by atoms with Gasteiger partial charge in [-0.25, -0.2) is 8.78 Å². The molecule has 4 heterocycles. The Morgan fingerprint density at radius 1 is 1.12 bits per heavy atom. The molecule has 2 N–H and O–H groups in total. The quantitative estimate of drug-likeness (QED) is 0.438. The van der Waals surface area contributed by atoms with Crippen LogP contribution in [0.1, 0.15) is 46.9 Å². The second kappa shape index (κ2) is 7.62. The van der Waals surface area contributed by atoms with E-state index in [0.717, 1.165) is 42.0 Å². The predicted octanol–water partition coefficient (Wildman–Crippen LogP) is 4.79. The van der Waals surface area contributed by atoms with Crippen LogP contribution in [0.3, 0.4) is 0 Å². The molecule has 6 nitrogen and oxygen atoms in total. The van der Waals surface area contributed by atoms with Crippen LogP contribution < -0.4 is 5.73 Å². The van der Waals surface area contributed by atoms with E-state index in [0.29, 0.717) is 34.4 Å². The molecule has 2 aliphatic heterocycles. The third kappa shape index (κ3) is 3.16. The van der Waals surface area contributed by atoms with Gasteiger partial charge in [0.1, 0.15) is 11.6 Å². The first-order valence-electron chi connectivity index (χ1n) is 11.4. The lowest BCUT2D eigenvalue weighted by Crippen LogP contribution is -2.49. The first kappa shape index (κ1) is 20.8. The number of aryl methyl sites for hydroxylation is 1. The van der Waals surface area contributed by atoms with E-state index in [4.69, 9.17) is 10.8 Å². The molecule has 2 bridgehead atoms. The summed E-state index contributed by atoms with van der Waals surface area (Å²) in [5, 5.41) is 5.57. The van der Waals surface area contributed by atoms with E-state index in [-0.39, 0.29) is 18.0 Å². The number of hydrogen-bond donors (Lipinski definition) is 1. The van der Waals surface area contributed by atoms with Crippen LogP contribution in [0.25, 0.3) is 22.2 Å². The lowest BCUT2D eigenvalue weighted by Gasteiger charge is -2.45. The van der Waals surface area contributed by atoms with E-state index in [1.807, 2.05) is 23.1 Å². The number of rotatable bonds is 2. The Labute approximate surface area is 195 Å². The summed E-state index contributed by atoms with van der Waals surface area (Å²) in [6.45, 7) is 0. The van der Waals surface area contributed by atoms with Gasteiger partial charge in [-0.2, -0.15) is 5.10 Å². The largest absolute Gasteiger partial charge is 0.397 e. The Balaban J connectivity index is 1.44. The summed E-state index contributed by atoms with van der Waals surface area (Å²) in [6.07, 6.45) is 4.90. The Hall–Kier alpha value is -3.81. The van der Waals surface area contributed by atoms with Gasteiger partial charge in [-0.05, 0) is 56.0 Å². The number of carbonyl (C=O) groups excluding carboxylic acids is 1. The van der Waals surface area contributed by atoms with E-state index in [2.05, 4.69) is 4.98 Å². The number of halogens is 2. The number of anilines is 1. The summed E-state index contributed by atoms with van der Waals surface area (Å²) in [5.41, 5.74) is 10.8. The monoisotopic (exact) mass is 459 g/mol. The number of pyridine rings is 1. The molecular formula is C26H23F2N5O. The SMILES string of the molecule is Cn1nc2c(c1-c1cc(F)cc(F)c1)CC1CCCC2N1C(=O)c1cc(N)c2ncccc2c1. The first-order valence-corrected chi connectivity index (χ1v) is 11.4. The molecule has 0 saturated carbocycles. The zero-order chi connectivity index (χ0) is 23.6. The van der Waals surface area contributed by atoms with Crippen molar-refractivity contribution in [3.63, 3.8) is 0 Å². The number of fused-ring (bicyclic) bond motifs is 5. The summed E-state index contributed by atoms with van der Waals surface area (Å²) < 4.78 is 29.6. The number of hydrogen-bond acceptors (Lipinski definition) is 4. The molecule has 6 rings (SSSR count). The molecule has 1 amide bonds. The van der Waals surface area contributed by atoms with Crippen molar-refractivity contribution in [3.05, 3.63) is 77.1 Å². The van der Waals surface area contributed by atoms with Crippen LogP contribution in [0.5, 0.6) is 0 Å². The van der Waals surface area contributed by atoms with Crippen molar-refractivity contribution in [3.8, 4) is 11.3 Å². The molecule has 172 valence electrons. The molecule has 4 aromatic rings. The van der Waals surface area contributed by atoms with Gasteiger partial charge in [-0.3, -0.25) is 14.5 Å². The minimum Gasteiger partial charge on any atom is -0.397 e. The van der Waals surface area contributed by atoms with E-state index in [9.17, 15) is 13.6 Å².